The molecular formula is C26H26N6O3. The summed E-state index contributed by atoms with van der Waals surface area (Å²) in [5.74, 6) is 2.39. The van der Waals surface area contributed by atoms with E-state index in [9.17, 15) is 0 Å². The minimum Gasteiger partial charge on any atom is -0.454 e. The highest BCUT2D eigenvalue weighted by molar-refractivity contribution is 5.87. The normalized spacial score (nSPS) is 21.5. The molecule has 3 aromatic heterocycles. The van der Waals surface area contributed by atoms with Crippen molar-refractivity contribution in [2.24, 2.45) is 0 Å². The van der Waals surface area contributed by atoms with Crippen LogP contribution in [0.5, 0.6) is 11.5 Å². The van der Waals surface area contributed by atoms with Crippen molar-refractivity contribution in [2.45, 2.75) is 57.6 Å². The standard InChI is InChI=1S/C26H26N6O3/c1-14-15(2)29-26-24(28-14)23(16-3-6-20-22(9-16)35-13-34-20)30-25(31-26)17-7-8-33-21(10-17)18-11-27-32(12-18)19-4-5-19/h3,6,9,11-12,17,19,21H,4-5,7-8,10,13H2,1-2H3/t17-,21-/m1/s1. The summed E-state index contributed by atoms with van der Waals surface area (Å²) in [7, 11) is 0. The Morgan fingerprint density at radius 2 is 1.80 bits per heavy atom. The van der Waals surface area contributed by atoms with Crippen molar-refractivity contribution in [3.8, 4) is 22.8 Å². The van der Waals surface area contributed by atoms with E-state index in [0.717, 1.165) is 52.6 Å². The zero-order valence-electron chi connectivity index (χ0n) is 19.8. The number of aryl methyl sites for hydroxylation is 2. The second-order valence-corrected chi connectivity index (χ2v) is 9.63. The summed E-state index contributed by atoms with van der Waals surface area (Å²) in [6.45, 7) is 4.81. The van der Waals surface area contributed by atoms with E-state index in [1.807, 2.05) is 38.2 Å². The third-order valence-electron chi connectivity index (χ3n) is 7.17. The summed E-state index contributed by atoms with van der Waals surface area (Å²) in [6.07, 6.45) is 8.16. The molecule has 1 saturated heterocycles. The van der Waals surface area contributed by atoms with E-state index in [1.54, 1.807) is 0 Å². The molecule has 0 amide bonds. The Hall–Kier alpha value is -3.59. The van der Waals surface area contributed by atoms with Crippen molar-refractivity contribution < 1.29 is 14.2 Å². The number of benzene rings is 1. The summed E-state index contributed by atoms with van der Waals surface area (Å²) in [6, 6.07) is 6.43. The number of fused-ring (bicyclic) bond motifs is 2. The van der Waals surface area contributed by atoms with E-state index in [2.05, 4.69) is 16.0 Å². The Morgan fingerprint density at radius 3 is 2.69 bits per heavy atom. The molecule has 35 heavy (non-hydrogen) atoms. The van der Waals surface area contributed by atoms with Crippen molar-refractivity contribution in [3.05, 3.63) is 53.4 Å². The van der Waals surface area contributed by atoms with Crippen LogP contribution in [0.1, 0.15) is 66.5 Å². The maximum absolute atomic E-state index is 6.15. The van der Waals surface area contributed by atoms with Gasteiger partial charge in [0.2, 0.25) is 6.79 Å². The van der Waals surface area contributed by atoms with E-state index < -0.39 is 0 Å². The van der Waals surface area contributed by atoms with E-state index in [1.165, 1.54) is 12.8 Å². The van der Waals surface area contributed by atoms with Gasteiger partial charge in [-0.2, -0.15) is 5.10 Å². The third kappa shape index (κ3) is 3.70. The van der Waals surface area contributed by atoms with Crippen LogP contribution in [0.2, 0.25) is 0 Å². The van der Waals surface area contributed by atoms with Crippen molar-refractivity contribution in [1.82, 2.24) is 29.7 Å². The van der Waals surface area contributed by atoms with Gasteiger partial charge in [-0.15, -0.1) is 0 Å². The van der Waals surface area contributed by atoms with Crippen LogP contribution >= 0.6 is 0 Å². The molecule has 9 heteroatoms. The van der Waals surface area contributed by atoms with Crippen molar-refractivity contribution in [1.29, 1.82) is 0 Å². The Morgan fingerprint density at radius 1 is 0.943 bits per heavy atom. The summed E-state index contributed by atoms with van der Waals surface area (Å²) < 4.78 is 19.3. The van der Waals surface area contributed by atoms with E-state index in [0.29, 0.717) is 29.6 Å². The molecule has 9 nitrogen and oxygen atoms in total. The van der Waals surface area contributed by atoms with Gasteiger partial charge in [0.15, 0.2) is 17.1 Å². The number of hydrogen-bond acceptors (Lipinski definition) is 8. The summed E-state index contributed by atoms with van der Waals surface area (Å²) in [5, 5.41) is 4.56. The highest BCUT2D eigenvalue weighted by Gasteiger charge is 2.31. The van der Waals surface area contributed by atoms with Gasteiger partial charge >= 0.3 is 0 Å². The molecule has 2 aliphatic heterocycles. The largest absolute Gasteiger partial charge is 0.454 e. The average Bonchev–Trinajstić information content (AvgIpc) is 3.41. The number of hydrogen-bond donors (Lipinski definition) is 0. The van der Waals surface area contributed by atoms with Crippen LogP contribution in [0.4, 0.5) is 0 Å². The van der Waals surface area contributed by atoms with Crippen molar-refractivity contribution >= 4 is 11.2 Å². The summed E-state index contributed by atoms with van der Waals surface area (Å²) in [4.78, 5) is 19.6. The zero-order valence-corrected chi connectivity index (χ0v) is 19.8. The quantitative estimate of drug-likeness (QED) is 0.427. The minimum absolute atomic E-state index is 0.0135. The fourth-order valence-electron chi connectivity index (χ4n) is 4.88. The highest BCUT2D eigenvalue weighted by atomic mass is 16.7. The minimum atomic E-state index is -0.0135. The van der Waals surface area contributed by atoms with Crippen LogP contribution in [0, 0.1) is 13.8 Å². The molecule has 0 radical (unpaired) electrons. The average molecular weight is 471 g/mol. The number of rotatable bonds is 4. The molecule has 0 spiro atoms. The third-order valence-corrected chi connectivity index (χ3v) is 7.17. The molecule has 3 aliphatic rings. The van der Waals surface area contributed by atoms with Crippen LogP contribution < -0.4 is 9.47 Å². The van der Waals surface area contributed by atoms with Crippen molar-refractivity contribution in [3.63, 3.8) is 0 Å². The van der Waals surface area contributed by atoms with Gasteiger partial charge in [0, 0.05) is 29.8 Å². The van der Waals surface area contributed by atoms with Crippen molar-refractivity contribution in [2.75, 3.05) is 13.4 Å². The predicted octanol–water partition coefficient (Wildman–Crippen LogP) is 4.60. The monoisotopic (exact) mass is 470 g/mol. The van der Waals surface area contributed by atoms with E-state index in [4.69, 9.17) is 34.1 Å². The summed E-state index contributed by atoms with van der Waals surface area (Å²) >= 11 is 0. The second kappa shape index (κ2) is 7.98. The lowest BCUT2D eigenvalue weighted by atomic mass is 9.92. The van der Waals surface area contributed by atoms with E-state index in [-0.39, 0.29) is 18.8 Å². The molecule has 0 N–H and O–H groups in total. The zero-order chi connectivity index (χ0) is 23.5. The fraction of sp³-hybridized carbons (Fsp3) is 0.423. The van der Waals surface area contributed by atoms with Gasteiger partial charge in [0.05, 0.1) is 29.7 Å². The Bertz CT molecular complexity index is 1450. The number of ether oxygens (including phenoxy) is 3. The smallest absolute Gasteiger partial charge is 0.231 e. The molecule has 1 saturated carbocycles. The molecule has 178 valence electrons. The van der Waals surface area contributed by atoms with Gasteiger partial charge in [-0.3, -0.25) is 4.68 Å². The number of nitrogens with zero attached hydrogens (tertiary/aromatic N) is 6. The molecule has 0 unspecified atom stereocenters. The molecule has 2 fully saturated rings. The maximum atomic E-state index is 6.15. The Balaban J connectivity index is 1.29. The Kier molecular flexibility index (Phi) is 4.73. The first-order valence-electron chi connectivity index (χ1n) is 12.2. The van der Waals surface area contributed by atoms with Gasteiger partial charge < -0.3 is 14.2 Å². The highest BCUT2D eigenvalue weighted by Crippen LogP contribution is 2.41. The summed E-state index contributed by atoms with van der Waals surface area (Å²) in [5.41, 5.74) is 5.87. The lowest BCUT2D eigenvalue weighted by Gasteiger charge is -2.28. The maximum Gasteiger partial charge on any atom is 0.231 e. The lowest BCUT2D eigenvalue weighted by molar-refractivity contribution is 0.00396. The Labute approximate surface area is 202 Å². The van der Waals surface area contributed by atoms with Gasteiger partial charge in [-0.1, -0.05) is 0 Å². The lowest BCUT2D eigenvalue weighted by Crippen LogP contribution is -2.20. The first kappa shape index (κ1) is 20.8. The fourth-order valence-corrected chi connectivity index (χ4v) is 4.88. The molecule has 5 heterocycles. The first-order chi connectivity index (χ1) is 17.1. The molecule has 1 aromatic carbocycles. The molecule has 0 bridgehead atoms. The van der Waals surface area contributed by atoms with Crippen LogP contribution in [0.3, 0.4) is 0 Å². The molecule has 2 atom stereocenters. The molecular weight excluding hydrogens is 444 g/mol. The molecule has 4 aromatic rings. The topological polar surface area (TPSA) is 97.1 Å². The van der Waals surface area contributed by atoms with Gasteiger partial charge in [-0.05, 0) is 57.7 Å². The second-order valence-electron chi connectivity index (χ2n) is 9.63. The van der Waals surface area contributed by atoms with Gasteiger partial charge in [-0.25, -0.2) is 19.9 Å². The van der Waals surface area contributed by atoms with Gasteiger partial charge in [0.25, 0.3) is 0 Å². The SMILES string of the molecule is Cc1nc2nc([C@@H]3CCO[C@@H](c4cnn(C5CC5)c4)C3)nc(-c3ccc4c(c3)OCO4)c2nc1C. The van der Waals surface area contributed by atoms with Gasteiger partial charge in [0.1, 0.15) is 17.0 Å². The molecule has 1 aliphatic carbocycles. The molecule has 7 rings (SSSR count). The van der Waals surface area contributed by atoms with Crippen LogP contribution in [-0.4, -0.2) is 43.1 Å². The van der Waals surface area contributed by atoms with Crippen LogP contribution in [-0.2, 0) is 4.74 Å². The van der Waals surface area contributed by atoms with Crippen LogP contribution in [0.15, 0.2) is 30.6 Å². The number of aromatic nitrogens is 6. The first-order valence-corrected chi connectivity index (χ1v) is 12.2. The van der Waals surface area contributed by atoms with Crippen LogP contribution in [0.25, 0.3) is 22.4 Å². The van der Waals surface area contributed by atoms with E-state index >= 15 is 0 Å². The predicted molar refractivity (Wildman–Crippen MR) is 127 cm³/mol.